The molecule has 2 N–H and O–H groups in total. The van der Waals surface area contributed by atoms with E-state index in [1.807, 2.05) is 7.05 Å². The van der Waals surface area contributed by atoms with E-state index in [1.54, 1.807) is 32.2 Å². The third-order valence-electron chi connectivity index (χ3n) is 11.0. The number of ketones is 2. The van der Waals surface area contributed by atoms with E-state index in [-0.39, 0.29) is 66.4 Å². The Morgan fingerprint density at radius 1 is 1.00 bits per heavy atom. The van der Waals surface area contributed by atoms with Gasteiger partial charge in [0.1, 0.15) is 22.1 Å². The van der Waals surface area contributed by atoms with Crippen molar-refractivity contribution in [1.29, 1.82) is 0 Å². The Morgan fingerprint density at radius 2 is 1.74 bits per heavy atom. The van der Waals surface area contributed by atoms with Gasteiger partial charge >= 0.3 is 0 Å². The number of hydrogen-bond donors (Lipinski definition) is 2. The van der Waals surface area contributed by atoms with Gasteiger partial charge in [0.05, 0.1) is 21.3 Å². The van der Waals surface area contributed by atoms with Crippen LogP contribution in [0.5, 0.6) is 46.0 Å². The Morgan fingerprint density at radius 3 is 2.50 bits per heavy atom. The Bertz CT molecular complexity index is 2150. The first kappa shape index (κ1) is 35.7. The fourth-order valence-electron chi connectivity index (χ4n) is 8.29. The zero-order valence-electron chi connectivity index (χ0n) is 30.4. The maximum Gasteiger partial charge on any atom is 0.231 e. The van der Waals surface area contributed by atoms with Crippen molar-refractivity contribution in [3.05, 3.63) is 68.4 Å². The summed E-state index contributed by atoms with van der Waals surface area (Å²) in [5.41, 5.74) is 1.10. The highest BCUT2D eigenvalue weighted by molar-refractivity contribution is 6.35. The quantitative estimate of drug-likeness (QED) is 0.299. The average Bonchev–Trinajstić information content (AvgIpc) is 3.91. The van der Waals surface area contributed by atoms with Gasteiger partial charge in [0, 0.05) is 67.1 Å². The number of ether oxygens (including phenoxy) is 8. The second-order valence-corrected chi connectivity index (χ2v) is 14.3. The van der Waals surface area contributed by atoms with Crippen molar-refractivity contribution < 1.29 is 57.4 Å². The zero-order chi connectivity index (χ0) is 38.1. The molecule has 4 aliphatic heterocycles. The third kappa shape index (κ3) is 5.36. The fourth-order valence-corrected chi connectivity index (χ4v) is 8.55. The minimum absolute atomic E-state index is 0.00216. The van der Waals surface area contributed by atoms with Crippen LogP contribution in [-0.2, 0) is 29.1 Å². The second-order valence-electron chi connectivity index (χ2n) is 13.9. The van der Waals surface area contributed by atoms with Crippen molar-refractivity contribution in [2.24, 2.45) is 5.92 Å². The molecular weight excluding hydrogens is 724 g/mol. The number of Topliss-reactive ketones (excluding diaryl/α,β-unsaturated/α-hetero) is 2. The molecule has 14 nitrogen and oxygen atoms in total. The van der Waals surface area contributed by atoms with Crippen LogP contribution >= 0.6 is 11.6 Å². The van der Waals surface area contributed by atoms with Gasteiger partial charge in [-0.05, 0) is 36.7 Å². The van der Waals surface area contributed by atoms with Gasteiger partial charge in [-0.15, -0.1) is 0 Å². The molecule has 15 heteroatoms. The summed E-state index contributed by atoms with van der Waals surface area (Å²) in [7, 11) is 6.42. The topological polar surface area (TPSA) is 161 Å². The summed E-state index contributed by atoms with van der Waals surface area (Å²) in [5.74, 6) is -1.13. The lowest BCUT2D eigenvalue weighted by molar-refractivity contribution is -0.122. The van der Waals surface area contributed by atoms with Gasteiger partial charge in [-0.3, -0.25) is 14.4 Å². The first-order chi connectivity index (χ1) is 26.0. The van der Waals surface area contributed by atoms with Crippen LogP contribution in [0.2, 0.25) is 5.02 Å². The van der Waals surface area contributed by atoms with Crippen molar-refractivity contribution >= 4 is 29.1 Å². The van der Waals surface area contributed by atoms with E-state index in [9.17, 15) is 19.5 Å². The molecule has 1 unspecified atom stereocenters. The van der Waals surface area contributed by atoms with E-state index in [4.69, 9.17) is 49.5 Å². The number of amides is 1. The first-order valence-corrected chi connectivity index (χ1v) is 17.9. The predicted octanol–water partition coefficient (Wildman–Crippen LogP) is 5.04. The summed E-state index contributed by atoms with van der Waals surface area (Å²) in [4.78, 5) is 44.9. The van der Waals surface area contributed by atoms with Crippen LogP contribution in [0.25, 0.3) is 0 Å². The Labute approximate surface area is 315 Å². The van der Waals surface area contributed by atoms with Gasteiger partial charge < -0.3 is 53.2 Å². The number of likely N-dealkylation sites (N-methyl/N-ethyl adjacent to an activating group) is 1. The molecule has 3 aromatic rings. The van der Waals surface area contributed by atoms with Crippen LogP contribution in [-0.4, -0.2) is 81.6 Å². The van der Waals surface area contributed by atoms with Crippen LogP contribution in [0.15, 0.2) is 35.6 Å². The number of allylic oxidation sites excluding steroid dienone is 1. The molecule has 54 heavy (non-hydrogen) atoms. The maximum atomic E-state index is 14.5. The summed E-state index contributed by atoms with van der Waals surface area (Å²) >= 11 is 6.65. The van der Waals surface area contributed by atoms with Gasteiger partial charge in [-0.25, -0.2) is 0 Å². The fraction of sp³-hybridized carbons (Fsp3) is 0.410. The number of fused-ring (bicyclic) bond motifs is 4. The molecule has 284 valence electrons. The standard InChI is InChI=1S/C39H39ClN2O12/c1-18-10-24(43)30(37(45)39(18)38(46)31-27(47-3)13-28(48-4)32(40)35(31)54-39)21(19-6-7-25-26(11-19)51-16-50-25)12-29(44)41-14-22-20-8-9-42(2)15-23(20)33(49-5)36-34(22)52-17-53-36/h6-7,11,13,18,21,45H,8-10,12,14-17H2,1-5H3,(H,41,44)/t18-,21?,39+/m1/s1. The van der Waals surface area contributed by atoms with Crippen LogP contribution in [0, 0.1) is 5.92 Å². The maximum absolute atomic E-state index is 14.5. The van der Waals surface area contributed by atoms with Crippen molar-refractivity contribution in [1.82, 2.24) is 10.2 Å². The highest BCUT2D eigenvalue weighted by Crippen LogP contribution is 2.56. The third-order valence-corrected chi connectivity index (χ3v) is 11.3. The number of nitrogens with one attached hydrogen (secondary N) is 1. The van der Waals surface area contributed by atoms with Crippen molar-refractivity contribution in [3.8, 4) is 46.0 Å². The number of carbonyl (C=O) groups excluding carboxylic acids is 3. The number of aliphatic hydroxyl groups excluding tert-OH is 1. The lowest BCUT2D eigenvalue weighted by atomic mass is 9.69. The van der Waals surface area contributed by atoms with E-state index in [0.717, 1.165) is 23.2 Å². The monoisotopic (exact) mass is 762 g/mol. The number of aliphatic hydroxyl groups is 1. The minimum atomic E-state index is -2.03. The van der Waals surface area contributed by atoms with Gasteiger partial charge in [0.15, 0.2) is 40.3 Å². The summed E-state index contributed by atoms with van der Waals surface area (Å²) in [5, 5.41) is 15.3. The van der Waals surface area contributed by atoms with Gasteiger partial charge in [-0.2, -0.15) is 0 Å². The van der Waals surface area contributed by atoms with E-state index < -0.39 is 40.7 Å². The van der Waals surface area contributed by atoms with Crippen LogP contribution in [0.3, 0.4) is 0 Å². The normalized spacial score (nSPS) is 21.5. The predicted molar refractivity (Wildman–Crippen MR) is 192 cm³/mol. The molecule has 0 saturated carbocycles. The lowest BCUT2D eigenvalue weighted by Crippen LogP contribution is -2.53. The molecule has 1 amide bonds. The van der Waals surface area contributed by atoms with Crippen molar-refractivity contribution in [2.45, 2.75) is 50.8 Å². The van der Waals surface area contributed by atoms with E-state index in [2.05, 4.69) is 10.2 Å². The van der Waals surface area contributed by atoms with E-state index >= 15 is 0 Å². The SMILES string of the molecule is COc1cc(OC)c2c(c1Cl)O[C@]1(C2=O)C(O)=C(C(CC(=O)NCc2c3c(c(OC)c4c2OCO4)CN(C)CC3)c2ccc3c(c2)OCO3)C(=O)C[C@H]1C. The highest BCUT2D eigenvalue weighted by Gasteiger charge is 2.61. The molecule has 3 aromatic carbocycles. The van der Waals surface area contributed by atoms with Crippen molar-refractivity contribution in [3.63, 3.8) is 0 Å². The molecule has 4 heterocycles. The number of halogens is 1. The number of carbonyl (C=O) groups is 3. The molecule has 0 fully saturated rings. The molecule has 5 aliphatic rings. The highest BCUT2D eigenvalue weighted by atomic mass is 35.5. The molecule has 0 bridgehead atoms. The molecule has 8 rings (SSSR count). The molecule has 0 radical (unpaired) electrons. The minimum Gasteiger partial charge on any atom is -0.507 e. The van der Waals surface area contributed by atoms with Gasteiger partial charge in [-0.1, -0.05) is 24.6 Å². The van der Waals surface area contributed by atoms with Crippen LogP contribution < -0.4 is 43.2 Å². The Balaban J connectivity index is 1.18. The van der Waals surface area contributed by atoms with E-state index in [0.29, 0.717) is 47.3 Å². The molecule has 0 aromatic heterocycles. The summed E-state index contributed by atoms with van der Waals surface area (Å²) in [6.45, 7) is 3.20. The first-order valence-electron chi connectivity index (χ1n) is 17.5. The smallest absolute Gasteiger partial charge is 0.231 e. The number of hydrogen-bond acceptors (Lipinski definition) is 13. The Kier molecular flexibility index (Phi) is 8.92. The summed E-state index contributed by atoms with van der Waals surface area (Å²) in [6.07, 6.45) is 0.250. The van der Waals surface area contributed by atoms with Crippen LogP contribution in [0.4, 0.5) is 0 Å². The van der Waals surface area contributed by atoms with Gasteiger partial charge in [0.2, 0.25) is 36.6 Å². The zero-order valence-corrected chi connectivity index (χ0v) is 31.1. The molecule has 3 atom stereocenters. The summed E-state index contributed by atoms with van der Waals surface area (Å²) in [6, 6.07) is 6.52. The van der Waals surface area contributed by atoms with Crippen LogP contribution in [0.1, 0.15) is 58.3 Å². The molecule has 1 aliphatic carbocycles. The van der Waals surface area contributed by atoms with Gasteiger partial charge in [0.25, 0.3) is 0 Å². The Hall–Kier alpha value is -5.34. The lowest BCUT2D eigenvalue weighted by Gasteiger charge is -2.38. The van der Waals surface area contributed by atoms with E-state index in [1.165, 1.54) is 20.3 Å². The second kappa shape index (κ2) is 13.5. The average molecular weight is 763 g/mol. The molecule has 0 saturated heterocycles. The number of methoxy groups -OCH3 is 3. The molecular formula is C39H39ClN2O12. The summed E-state index contributed by atoms with van der Waals surface area (Å²) < 4.78 is 45.9. The number of benzene rings is 3. The number of rotatable bonds is 9. The largest absolute Gasteiger partial charge is 0.507 e. The number of nitrogens with zero attached hydrogens (tertiary/aromatic N) is 1. The molecule has 1 spiro atoms. The van der Waals surface area contributed by atoms with Crippen molar-refractivity contribution in [2.75, 3.05) is 48.5 Å².